The Labute approximate surface area is 168 Å². The highest BCUT2D eigenvalue weighted by molar-refractivity contribution is 5.91. The summed E-state index contributed by atoms with van der Waals surface area (Å²) < 4.78 is 0. The zero-order chi connectivity index (χ0) is 19.5. The SMILES string of the molecule is CC(C)C(=O)N[C@H]1C[C@@H]2[C@H]3CC4=C(CCC=C4)[C@]2(CCN3CC2CC2)CC1=O. The minimum atomic E-state index is -0.280. The summed E-state index contributed by atoms with van der Waals surface area (Å²) in [4.78, 5) is 28.2. The van der Waals surface area contributed by atoms with Gasteiger partial charge in [0.1, 0.15) is 0 Å². The fourth-order valence-corrected chi connectivity index (χ4v) is 6.53. The topological polar surface area (TPSA) is 49.4 Å². The first-order valence-electron chi connectivity index (χ1n) is 11.4. The van der Waals surface area contributed by atoms with Crippen LogP contribution in [0.1, 0.15) is 65.2 Å². The number of rotatable bonds is 4. The summed E-state index contributed by atoms with van der Waals surface area (Å²) in [5, 5.41) is 3.09. The van der Waals surface area contributed by atoms with Crippen LogP contribution in [0.4, 0.5) is 0 Å². The quantitative estimate of drug-likeness (QED) is 0.808. The first kappa shape index (κ1) is 18.6. The molecule has 0 aromatic rings. The lowest BCUT2D eigenvalue weighted by Gasteiger charge is -2.60. The third kappa shape index (κ3) is 2.99. The lowest BCUT2D eigenvalue weighted by molar-refractivity contribution is -0.138. The van der Waals surface area contributed by atoms with E-state index in [1.807, 2.05) is 13.8 Å². The number of amides is 1. The molecule has 5 aliphatic rings. The number of nitrogens with one attached hydrogen (secondary N) is 1. The Morgan fingerprint density at radius 2 is 2.18 bits per heavy atom. The molecule has 1 aliphatic heterocycles. The number of allylic oxidation sites excluding steroid dienone is 3. The second-order valence-electron chi connectivity index (χ2n) is 10.3. The predicted octanol–water partition coefficient (Wildman–Crippen LogP) is 3.63. The van der Waals surface area contributed by atoms with Crippen LogP contribution in [0.2, 0.25) is 0 Å². The van der Waals surface area contributed by atoms with Crippen molar-refractivity contribution in [1.29, 1.82) is 0 Å². The Bertz CT molecular complexity index is 748. The lowest BCUT2D eigenvalue weighted by Crippen LogP contribution is -2.63. The smallest absolute Gasteiger partial charge is 0.223 e. The molecule has 4 aliphatic carbocycles. The molecule has 5 rings (SSSR count). The number of hydrogen-bond donors (Lipinski definition) is 1. The largest absolute Gasteiger partial charge is 0.346 e. The van der Waals surface area contributed by atoms with Crippen LogP contribution in [0.15, 0.2) is 23.3 Å². The summed E-state index contributed by atoms with van der Waals surface area (Å²) in [7, 11) is 0. The molecule has 4 heteroatoms. The Morgan fingerprint density at radius 3 is 2.93 bits per heavy atom. The summed E-state index contributed by atoms with van der Waals surface area (Å²) >= 11 is 0. The van der Waals surface area contributed by atoms with Crippen LogP contribution in [0.25, 0.3) is 0 Å². The van der Waals surface area contributed by atoms with E-state index in [-0.39, 0.29) is 29.1 Å². The van der Waals surface area contributed by atoms with Crippen molar-refractivity contribution in [2.75, 3.05) is 13.1 Å². The summed E-state index contributed by atoms with van der Waals surface area (Å²) in [5.74, 6) is 1.62. The molecule has 0 unspecified atom stereocenters. The van der Waals surface area contributed by atoms with Gasteiger partial charge in [0.2, 0.25) is 5.91 Å². The van der Waals surface area contributed by atoms with Gasteiger partial charge in [-0.25, -0.2) is 0 Å². The highest BCUT2D eigenvalue weighted by atomic mass is 16.2. The number of carbonyl (C=O) groups excluding carboxylic acids is 2. The van der Waals surface area contributed by atoms with E-state index in [1.54, 1.807) is 5.57 Å². The van der Waals surface area contributed by atoms with E-state index in [4.69, 9.17) is 0 Å². The van der Waals surface area contributed by atoms with Crippen LogP contribution >= 0.6 is 0 Å². The molecule has 28 heavy (non-hydrogen) atoms. The maximum absolute atomic E-state index is 13.2. The molecule has 0 radical (unpaired) electrons. The molecule has 4 atom stereocenters. The first-order chi connectivity index (χ1) is 13.5. The van der Waals surface area contributed by atoms with Gasteiger partial charge in [-0.15, -0.1) is 0 Å². The number of piperidine rings is 1. The van der Waals surface area contributed by atoms with E-state index in [2.05, 4.69) is 22.4 Å². The first-order valence-corrected chi connectivity index (χ1v) is 11.4. The average molecular weight is 383 g/mol. The van der Waals surface area contributed by atoms with Crippen LogP contribution in [0.5, 0.6) is 0 Å². The maximum atomic E-state index is 13.2. The zero-order valence-corrected chi connectivity index (χ0v) is 17.4. The van der Waals surface area contributed by atoms with Crippen LogP contribution in [0.3, 0.4) is 0 Å². The van der Waals surface area contributed by atoms with Gasteiger partial charge >= 0.3 is 0 Å². The summed E-state index contributed by atoms with van der Waals surface area (Å²) in [6, 6.07) is 0.264. The molecule has 1 N–H and O–H groups in total. The number of hydrogen-bond acceptors (Lipinski definition) is 3. The molecule has 3 fully saturated rings. The number of likely N-dealkylation sites (tertiary alicyclic amines) is 1. The van der Waals surface area contributed by atoms with Gasteiger partial charge in [-0.05, 0) is 68.9 Å². The number of Topliss-reactive ketones (excluding diaryl/α,β-unsaturated/α-hetero) is 1. The standard InChI is InChI=1S/C24H34N2O2/c1-15(2)23(28)25-20-12-19-21-11-17-5-3-4-6-18(17)24(19,13-22(20)27)9-10-26(21)14-16-7-8-16/h3,5,15-16,19-21H,4,6-14H2,1-2H3,(H,25,28)/t19-,20+,21-,24+/m1/s1. The van der Waals surface area contributed by atoms with Crippen molar-refractivity contribution in [3.8, 4) is 0 Å². The fraction of sp³-hybridized carbons (Fsp3) is 0.750. The third-order valence-electron chi connectivity index (χ3n) is 8.18. The fourth-order valence-electron chi connectivity index (χ4n) is 6.53. The van der Waals surface area contributed by atoms with Crippen molar-refractivity contribution in [2.24, 2.45) is 23.2 Å². The molecule has 2 saturated carbocycles. The summed E-state index contributed by atoms with van der Waals surface area (Å²) in [5.41, 5.74) is 3.20. The maximum Gasteiger partial charge on any atom is 0.223 e. The van der Waals surface area contributed by atoms with Crippen LogP contribution < -0.4 is 5.32 Å². The molecule has 1 amide bonds. The molecule has 4 nitrogen and oxygen atoms in total. The van der Waals surface area contributed by atoms with Crippen molar-refractivity contribution in [3.05, 3.63) is 23.3 Å². The van der Waals surface area contributed by atoms with Gasteiger partial charge < -0.3 is 5.32 Å². The second-order valence-corrected chi connectivity index (χ2v) is 10.3. The van der Waals surface area contributed by atoms with Crippen LogP contribution in [-0.2, 0) is 9.59 Å². The Hall–Kier alpha value is -1.42. The zero-order valence-electron chi connectivity index (χ0n) is 17.4. The average Bonchev–Trinajstić information content (AvgIpc) is 3.48. The minimum absolute atomic E-state index is 0.0191. The molecule has 2 bridgehead atoms. The Morgan fingerprint density at radius 1 is 1.36 bits per heavy atom. The number of nitrogens with zero attached hydrogens (tertiary/aromatic N) is 1. The van der Waals surface area contributed by atoms with E-state index < -0.39 is 0 Å². The van der Waals surface area contributed by atoms with Crippen molar-refractivity contribution < 1.29 is 9.59 Å². The Kier molecular flexibility index (Phi) is 4.53. The van der Waals surface area contributed by atoms with Gasteiger partial charge in [-0.1, -0.05) is 31.6 Å². The number of ketones is 1. The normalized spacial score (nSPS) is 37.7. The van der Waals surface area contributed by atoms with Gasteiger partial charge in [0.25, 0.3) is 0 Å². The second kappa shape index (κ2) is 6.83. The van der Waals surface area contributed by atoms with Crippen molar-refractivity contribution in [3.63, 3.8) is 0 Å². The Balaban J connectivity index is 1.47. The lowest BCUT2D eigenvalue weighted by atomic mass is 9.50. The summed E-state index contributed by atoms with van der Waals surface area (Å²) in [6.07, 6.45) is 13.5. The van der Waals surface area contributed by atoms with E-state index in [0.717, 1.165) is 44.6 Å². The molecule has 0 aromatic heterocycles. The van der Waals surface area contributed by atoms with Gasteiger partial charge in [0, 0.05) is 30.3 Å². The predicted molar refractivity (Wildman–Crippen MR) is 110 cm³/mol. The van der Waals surface area contributed by atoms with Gasteiger partial charge in [-0.3, -0.25) is 14.5 Å². The van der Waals surface area contributed by atoms with Gasteiger partial charge in [0.05, 0.1) is 6.04 Å². The molecule has 1 saturated heterocycles. The monoisotopic (exact) mass is 382 g/mol. The van der Waals surface area contributed by atoms with Crippen molar-refractivity contribution in [1.82, 2.24) is 10.2 Å². The van der Waals surface area contributed by atoms with E-state index in [0.29, 0.717) is 18.4 Å². The highest BCUT2D eigenvalue weighted by Crippen LogP contribution is 2.60. The molecule has 0 aromatic carbocycles. The summed E-state index contributed by atoms with van der Waals surface area (Å²) in [6.45, 7) is 6.19. The minimum Gasteiger partial charge on any atom is -0.346 e. The van der Waals surface area contributed by atoms with Crippen molar-refractivity contribution >= 4 is 11.7 Å². The molecule has 1 heterocycles. The van der Waals surface area contributed by atoms with E-state index in [1.165, 1.54) is 25.0 Å². The molecular weight excluding hydrogens is 348 g/mol. The van der Waals surface area contributed by atoms with E-state index in [9.17, 15) is 9.59 Å². The third-order valence-corrected chi connectivity index (χ3v) is 8.18. The van der Waals surface area contributed by atoms with Gasteiger partial charge in [0.15, 0.2) is 5.78 Å². The van der Waals surface area contributed by atoms with E-state index >= 15 is 0 Å². The highest BCUT2D eigenvalue weighted by Gasteiger charge is 2.58. The van der Waals surface area contributed by atoms with Crippen LogP contribution in [-0.4, -0.2) is 41.8 Å². The molecule has 0 spiro atoms. The number of carbonyl (C=O) groups is 2. The van der Waals surface area contributed by atoms with Gasteiger partial charge in [-0.2, -0.15) is 0 Å². The van der Waals surface area contributed by atoms with Crippen LogP contribution in [0, 0.1) is 23.2 Å². The molecule has 152 valence electrons. The van der Waals surface area contributed by atoms with Crippen molar-refractivity contribution in [2.45, 2.75) is 77.3 Å². The molecular formula is C24H34N2O2.